The van der Waals surface area contributed by atoms with E-state index in [-0.39, 0.29) is 16.9 Å². The predicted octanol–water partition coefficient (Wildman–Crippen LogP) is 4.74. The van der Waals surface area contributed by atoms with Crippen LogP contribution in [0.4, 0.5) is 8.78 Å². The molecule has 1 fully saturated rings. The van der Waals surface area contributed by atoms with Crippen molar-refractivity contribution in [1.29, 1.82) is 0 Å². The number of fused-ring (bicyclic) bond motifs is 1. The van der Waals surface area contributed by atoms with Crippen LogP contribution in [0.3, 0.4) is 0 Å². The number of hydrogen-bond acceptors (Lipinski definition) is 3. The van der Waals surface area contributed by atoms with Gasteiger partial charge in [-0.1, -0.05) is 12.1 Å². The number of aromatic amines is 1. The third-order valence-electron chi connectivity index (χ3n) is 5.98. The maximum Gasteiger partial charge on any atom is 0.215 e. The fourth-order valence-corrected chi connectivity index (χ4v) is 5.90. The second-order valence-electron chi connectivity index (χ2n) is 8.08. The normalized spacial score (nSPS) is 20.5. The SMILES string of the molecule is C[C@H]1C[C@H](Cn2ccc3cc(-c4cn[nH]c4)ccc32)CN1[S+]([O-])c1cccc(F)c1F. The molecule has 1 N–H and O–H groups in total. The molecule has 0 bridgehead atoms. The third-order valence-corrected chi connectivity index (χ3v) is 7.61. The Kier molecular flexibility index (Phi) is 5.29. The van der Waals surface area contributed by atoms with E-state index in [4.69, 9.17) is 0 Å². The van der Waals surface area contributed by atoms with E-state index >= 15 is 0 Å². The number of H-pyrrole nitrogens is 1. The molecule has 1 aliphatic rings. The molecule has 1 saturated heterocycles. The van der Waals surface area contributed by atoms with E-state index < -0.39 is 23.0 Å². The Hall–Kier alpha value is -2.68. The Morgan fingerprint density at radius 2 is 2.06 bits per heavy atom. The molecule has 8 heteroatoms. The molecule has 3 atom stereocenters. The highest BCUT2D eigenvalue weighted by molar-refractivity contribution is 7.89. The summed E-state index contributed by atoms with van der Waals surface area (Å²) in [4.78, 5) is -0.0920. The molecule has 160 valence electrons. The topological polar surface area (TPSA) is 59.9 Å². The monoisotopic (exact) mass is 440 g/mol. The van der Waals surface area contributed by atoms with Crippen LogP contribution in [0.5, 0.6) is 0 Å². The van der Waals surface area contributed by atoms with E-state index in [0.717, 1.165) is 41.1 Å². The summed E-state index contributed by atoms with van der Waals surface area (Å²) in [6.07, 6.45) is 6.58. The maximum atomic E-state index is 14.1. The standard InChI is InChI=1S/C23H22F2N4OS/c1-15-9-16(14-29(15)31(30)22-4-2-3-20(24)23(22)25)13-28-8-7-18-10-17(5-6-21(18)28)19-11-26-27-12-19/h2-8,10-12,15-16H,9,13-14H2,1H3,(H,26,27)/t15-,16+,31?/m0/s1. The van der Waals surface area contributed by atoms with Crippen LogP contribution in [0, 0.1) is 17.6 Å². The Morgan fingerprint density at radius 3 is 2.87 bits per heavy atom. The molecule has 0 saturated carbocycles. The number of aromatic nitrogens is 3. The van der Waals surface area contributed by atoms with Gasteiger partial charge >= 0.3 is 0 Å². The maximum absolute atomic E-state index is 14.1. The van der Waals surface area contributed by atoms with Gasteiger partial charge in [-0.05, 0) is 55.2 Å². The van der Waals surface area contributed by atoms with Gasteiger partial charge in [-0.3, -0.25) is 5.10 Å². The van der Waals surface area contributed by atoms with Gasteiger partial charge in [0.15, 0.2) is 5.82 Å². The summed E-state index contributed by atoms with van der Waals surface area (Å²) < 4.78 is 44.7. The zero-order chi connectivity index (χ0) is 21.5. The smallest absolute Gasteiger partial charge is 0.215 e. The summed E-state index contributed by atoms with van der Waals surface area (Å²) in [6, 6.07) is 12.3. The van der Waals surface area contributed by atoms with Crippen molar-refractivity contribution in [2.75, 3.05) is 6.54 Å². The Balaban J connectivity index is 1.33. The van der Waals surface area contributed by atoms with Crippen LogP contribution in [0.2, 0.25) is 0 Å². The van der Waals surface area contributed by atoms with Crippen LogP contribution in [0.15, 0.2) is 66.0 Å². The van der Waals surface area contributed by atoms with Crippen LogP contribution in [0.1, 0.15) is 13.3 Å². The Morgan fingerprint density at radius 1 is 1.19 bits per heavy atom. The fourth-order valence-electron chi connectivity index (χ4n) is 4.44. The van der Waals surface area contributed by atoms with Gasteiger partial charge in [-0.15, -0.1) is 4.31 Å². The van der Waals surface area contributed by atoms with Gasteiger partial charge in [0.05, 0.1) is 23.6 Å². The molecule has 5 rings (SSSR count). The van der Waals surface area contributed by atoms with Gasteiger partial charge in [-0.2, -0.15) is 9.49 Å². The molecular weight excluding hydrogens is 418 g/mol. The van der Waals surface area contributed by atoms with Crippen molar-refractivity contribution in [3.8, 4) is 11.1 Å². The summed E-state index contributed by atoms with van der Waals surface area (Å²) in [5, 5.41) is 7.99. The molecule has 1 aliphatic heterocycles. The van der Waals surface area contributed by atoms with E-state index in [0.29, 0.717) is 6.54 Å². The lowest BCUT2D eigenvalue weighted by Crippen LogP contribution is -2.35. The van der Waals surface area contributed by atoms with Crippen molar-refractivity contribution in [2.24, 2.45) is 5.92 Å². The number of halogens is 2. The summed E-state index contributed by atoms with van der Waals surface area (Å²) >= 11 is -1.73. The first-order valence-electron chi connectivity index (χ1n) is 10.2. The van der Waals surface area contributed by atoms with Crippen molar-refractivity contribution in [1.82, 2.24) is 19.1 Å². The first-order valence-corrected chi connectivity index (χ1v) is 11.3. The molecule has 0 amide bonds. The first kappa shape index (κ1) is 20.2. The number of hydrogen-bond donors (Lipinski definition) is 1. The zero-order valence-electron chi connectivity index (χ0n) is 17.0. The van der Waals surface area contributed by atoms with E-state index in [1.807, 2.05) is 13.1 Å². The van der Waals surface area contributed by atoms with Gasteiger partial charge in [0, 0.05) is 41.9 Å². The summed E-state index contributed by atoms with van der Waals surface area (Å²) in [5.74, 6) is -1.73. The quantitative estimate of drug-likeness (QED) is 0.456. The molecule has 0 aliphatic carbocycles. The lowest BCUT2D eigenvalue weighted by atomic mass is 10.1. The van der Waals surface area contributed by atoms with Crippen LogP contribution in [-0.2, 0) is 17.9 Å². The average molecular weight is 441 g/mol. The first-order chi connectivity index (χ1) is 15.0. The fraction of sp³-hybridized carbons (Fsp3) is 0.261. The molecule has 4 aromatic rings. The number of nitrogens with zero attached hydrogens (tertiary/aromatic N) is 3. The van der Waals surface area contributed by atoms with Crippen LogP contribution < -0.4 is 0 Å². The van der Waals surface area contributed by atoms with Gasteiger partial charge in [0.2, 0.25) is 10.7 Å². The van der Waals surface area contributed by atoms with Crippen molar-refractivity contribution in [3.63, 3.8) is 0 Å². The van der Waals surface area contributed by atoms with Crippen molar-refractivity contribution in [3.05, 3.63) is 72.7 Å². The van der Waals surface area contributed by atoms with E-state index in [1.54, 1.807) is 10.5 Å². The third kappa shape index (κ3) is 3.75. The van der Waals surface area contributed by atoms with Crippen molar-refractivity contribution < 1.29 is 13.3 Å². The van der Waals surface area contributed by atoms with E-state index in [9.17, 15) is 13.3 Å². The molecule has 31 heavy (non-hydrogen) atoms. The number of rotatable bonds is 5. The molecule has 1 unspecified atom stereocenters. The zero-order valence-corrected chi connectivity index (χ0v) is 17.8. The predicted molar refractivity (Wildman–Crippen MR) is 117 cm³/mol. The van der Waals surface area contributed by atoms with E-state index in [1.165, 1.54) is 12.1 Å². The molecule has 5 nitrogen and oxygen atoms in total. The highest BCUT2D eigenvalue weighted by Crippen LogP contribution is 2.33. The van der Waals surface area contributed by atoms with Crippen LogP contribution >= 0.6 is 0 Å². The molecule has 2 aromatic carbocycles. The highest BCUT2D eigenvalue weighted by Gasteiger charge is 2.39. The molecule has 0 radical (unpaired) electrons. The van der Waals surface area contributed by atoms with Crippen LogP contribution in [0.25, 0.3) is 22.0 Å². The lowest BCUT2D eigenvalue weighted by molar-refractivity contribution is 0.393. The minimum atomic E-state index is -1.73. The van der Waals surface area contributed by atoms with E-state index in [2.05, 4.69) is 45.2 Å². The van der Waals surface area contributed by atoms with Gasteiger partial charge in [0.1, 0.15) is 0 Å². The molecule has 3 heterocycles. The largest absolute Gasteiger partial charge is 0.593 e. The van der Waals surface area contributed by atoms with Crippen molar-refractivity contribution in [2.45, 2.75) is 30.8 Å². The second-order valence-corrected chi connectivity index (χ2v) is 9.49. The summed E-state index contributed by atoms with van der Waals surface area (Å²) in [6.45, 7) is 3.33. The minimum absolute atomic E-state index is 0.0167. The lowest BCUT2D eigenvalue weighted by Gasteiger charge is -2.23. The summed E-state index contributed by atoms with van der Waals surface area (Å²) in [7, 11) is 0. The van der Waals surface area contributed by atoms with Gasteiger partial charge in [0.25, 0.3) is 0 Å². The van der Waals surface area contributed by atoms with Gasteiger partial charge < -0.3 is 9.12 Å². The number of benzene rings is 2. The Bertz CT molecular complexity index is 1210. The average Bonchev–Trinajstić information content (AvgIpc) is 3.50. The molecule has 2 aromatic heterocycles. The van der Waals surface area contributed by atoms with Crippen molar-refractivity contribution >= 4 is 22.3 Å². The molecular formula is C23H22F2N4OS. The van der Waals surface area contributed by atoms with Crippen LogP contribution in [-0.4, -0.2) is 36.2 Å². The Labute approximate surface area is 182 Å². The minimum Gasteiger partial charge on any atom is -0.593 e. The highest BCUT2D eigenvalue weighted by atomic mass is 32.2. The van der Waals surface area contributed by atoms with Gasteiger partial charge in [-0.25, -0.2) is 4.39 Å². The summed E-state index contributed by atoms with van der Waals surface area (Å²) in [5.41, 5.74) is 3.28. The molecule has 0 spiro atoms. The second kappa shape index (κ2) is 8.11. The number of nitrogens with one attached hydrogen (secondary N) is 1.